The molecule has 0 aromatic rings. The minimum atomic E-state index is -0.607. The predicted octanol–water partition coefficient (Wildman–Crippen LogP) is 0.248. The van der Waals surface area contributed by atoms with Gasteiger partial charge in [0, 0.05) is 50.7 Å². The Morgan fingerprint density at radius 3 is 2.41 bits per heavy atom. The third-order valence-corrected chi connectivity index (χ3v) is 3.56. The minimum Gasteiger partial charge on any atom is -0.466 e. The highest BCUT2D eigenvalue weighted by Crippen LogP contribution is 2.15. The van der Waals surface area contributed by atoms with Crippen LogP contribution in [0.1, 0.15) is 26.7 Å². The number of nitrogens with one attached hydrogen (secondary N) is 1. The fourth-order valence-electron chi connectivity index (χ4n) is 2.35. The van der Waals surface area contributed by atoms with E-state index in [2.05, 4.69) is 10.1 Å². The van der Waals surface area contributed by atoms with E-state index >= 15 is 0 Å². The van der Waals surface area contributed by atoms with Crippen LogP contribution in [0.5, 0.6) is 0 Å². The lowest BCUT2D eigenvalue weighted by atomic mass is 10.1. The molecule has 1 aliphatic rings. The molecular weight excluding hydrogens is 288 g/mol. The van der Waals surface area contributed by atoms with Crippen LogP contribution >= 0.6 is 0 Å². The monoisotopic (exact) mass is 312 g/mol. The average Bonchev–Trinajstić information content (AvgIpc) is 2.92. The van der Waals surface area contributed by atoms with Crippen LogP contribution in [-0.2, 0) is 23.9 Å². The molecule has 0 aromatic carbocycles. The van der Waals surface area contributed by atoms with Crippen molar-refractivity contribution in [2.75, 3.05) is 26.7 Å². The fraction of sp³-hybridized carbons (Fsp3) is 0.667. The number of carbonyl (C=O) groups is 3. The molecule has 0 saturated carbocycles. The lowest BCUT2D eigenvalue weighted by Crippen LogP contribution is -2.35. The van der Waals surface area contributed by atoms with E-state index < -0.39 is 11.9 Å². The molecule has 124 valence electrons. The predicted molar refractivity (Wildman–Crippen MR) is 80.0 cm³/mol. The summed E-state index contributed by atoms with van der Waals surface area (Å²) in [5, 5.41) is 3.18. The first kappa shape index (κ1) is 18.2. The second-order valence-corrected chi connectivity index (χ2v) is 5.03. The standard InChI is InChI=1S/C15H24N2O5/c1-4-17(5-2)13(18)9-11-8-12(10-16-11)22-15(20)7-6-14(19)21-3/h6-7,11-12,16H,4-5,8-10H2,1-3H3/b7-6+/t11-,12+/m0/s1. The molecule has 7 nitrogen and oxygen atoms in total. The molecule has 7 heteroatoms. The van der Waals surface area contributed by atoms with Crippen molar-refractivity contribution in [3.63, 3.8) is 0 Å². The lowest BCUT2D eigenvalue weighted by Gasteiger charge is -2.20. The Balaban J connectivity index is 2.37. The topological polar surface area (TPSA) is 84.9 Å². The molecule has 1 fully saturated rings. The van der Waals surface area contributed by atoms with Gasteiger partial charge in [0.2, 0.25) is 5.91 Å². The van der Waals surface area contributed by atoms with E-state index in [-0.39, 0.29) is 18.1 Å². The second kappa shape index (κ2) is 9.19. The number of esters is 2. The van der Waals surface area contributed by atoms with Crippen LogP contribution in [-0.4, -0.2) is 61.6 Å². The molecule has 1 saturated heterocycles. The van der Waals surface area contributed by atoms with Crippen molar-refractivity contribution in [1.29, 1.82) is 0 Å². The molecule has 1 N–H and O–H groups in total. The molecule has 0 spiro atoms. The van der Waals surface area contributed by atoms with Gasteiger partial charge in [-0.15, -0.1) is 0 Å². The molecule has 1 amide bonds. The van der Waals surface area contributed by atoms with Gasteiger partial charge in [-0.2, -0.15) is 0 Å². The molecule has 0 radical (unpaired) electrons. The molecule has 22 heavy (non-hydrogen) atoms. The smallest absolute Gasteiger partial charge is 0.331 e. The van der Waals surface area contributed by atoms with Gasteiger partial charge in [0.15, 0.2) is 0 Å². The molecule has 0 unspecified atom stereocenters. The quantitative estimate of drug-likeness (QED) is 0.536. The Bertz CT molecular complexity index is 432. The number of hydrogen-bond donors (Lipinski definition) is 1. The first-order chi connectivity index (χ1) is 10.5. The van der Waals surface area contributed by atoms with Crippen LogP contribution in [0.25, 0.3) is 0 Å². The van der Waals surface area contributed by atoms with Crippen LogP contribution in [0, 0.1) is 0 Å². The molecule has 0 bridgehead atoms. The Morgan fingerprint density at radius 2 is 1.82 bits per heavy atom. The summed E-state index contributed by atoms with van der Waals surface area (Å²) < 4.78 is 9.60. The number of methoxy groups -OCH3 is 1. The van der Waals surface area contributed by atoms with Crippen molar-refractivity contribution in [2.24, 2.45) is 0 Å². The molecule has 1 rings (SSSR count). The second-order valence-electron chi connectivity index (χ2n) is 5.03. The molecule has 1 aliphatic heterocycles. The lowest BCUT2D eigenvalue weighted by molar-refractivity contribution is -0.143. The number of ether oxygens (including phenoxy) is 2. The summed E-state index contributed by atoms with van der Waals surface area (Å²) in [7, 11) is 1.23. The summed E-state index contributed by atoms with van der Waals surface area (Å²) in [5.41, 5.74) is 0. The maximum absolute atomic E-state index is 12.0. The van der Waals surface area contributed by atoms with E-state index in [1.165, 1.54) is 7.11 Å². The summed E-state index contributed by atoms with van der Waals surface area (Å²) in [4.78, 5) is 36.2. The van der Waals surface area contributed by atoms with Gasteiger partial charge in [0.1, 0.15) is 6.10 Å². The number of rotatable bonds is 7. The maximum Gasteiger partial charge on any atom is 0.331 e. The van der Waals surface area contributed by atoms with Gasteiger partial charge < -0.3 is 19.7 Å². The SMILES string of the molecule is CCN(CC)C(=O)C[C@@H]1C[C@@H](OC(=O)/C=C/C(=O)OC)CN1. The van der Waals surface area contributed by atoms with Gasteiger partial charge in [-0.1, -0.05) is 0 Å². The van der Waals surface area contributed by atoms with Crippen LogP contribution in [0.4, 0.5) is 0 Å². The number of amides is 1. The number of hydrogen-bond acceptors (Lipinski definition) is 6. The van der Waals surface area contributed by atoms with E-state index in [1.54, 1.807) is 4.90 Å². The third kappa shape index (κ3) is 5.85. The number of carbonyl (C=O) groups excluding carboxylic acids is 3. The van der Waals surface area contributed by atoms with Crippen molar-refractivity contribution in [1.82, 2.24) is 10.2 Å². The normalized spacial score (nSPS) is 20.9. The van der Waals surface area contributed by atoms with Crippen LogP contribution in [0.15, 0.2) is 12.2 Å². The van der Waals surface area contributed by atoms with Crippen LogP contribution in [0.2, 0.25) is 0 Å². The zero-order chi connectivity index (χ0) is 16.5. The van der Waals surface area contributed by atoms with Crippen molar-refractivity contribution in [3.8, 4) is 0 Å². The average molecular weight is 312 g/mol. The number of nitrogens with zero attached hydrogens (tertiary/aromatic N) is 1. The highest BCUT2D eigenvalue weighted by atomic mass is 16.5. The van der Waals surface area contributed by atoms with Gasteiger partial charge in [-0.25, -0.2) is 9.59 Å². The fourth-order valence-corrected chi connectivity index (χ4v) is 2.35. The Labute approximate surface area is 130 Å². The minimum absolute atomic E-state index is 0.00971. The van der Waals surface area contributed by atoms with Gasteiger partial charge in [-0.3, -0.25) is 4.79 Å². The Hall–Kier alpha value is -1.89. The third-order valence-electron chi connectivity index (χ3n) is 3.56. The van der Waals surface area contributed by atoms with E-state index in [0.717, 1.165) is 12.2 Å². The first-order valence-corrected chi connectivity index (χ1v) is 7.47. The Kier molecular flexibility index (Phi) is 7.59. The molecule has 1 heterocycles. The zero-order valence-corrected chi connectivity index (χ0v) is 13.3. The summed E-state index contributed by atoms with van der Waals surface area (Å²) in [6.45, 7) is 5.79. The summed E-state index contributed by atoms with van der Waals surface area (Å²) in [5.74, 6) is -1.10. The van der Waals surface area contributed by atoms with E-state index in [4.69, 9.17) is 4.74 Å². The molecule has 0 aliphatic carbocycles. The van der Waals surface area contributed by atoms with Gasteiger partial charge in [0.25, 0.3) is 0 Å². The zero-order valence-electron chi connectivity index (χ0n) is 13.3. The van der Waals surface area contributed by atoms with Crippen molar-refractivity contribution >= 4 is 17.8 Å². The summed E-state index contributed by atoms with van der Waals surface area (Å²) in [6.07, 6.45) is 2.76. The Morgan fingerprint density at radius 1 is 1.18 bits per heavy atom. The maximum atomic E-state index is 12.0. The van der Waals surface area contributed by atoms with Crippen LogP contribution < -0.4 is 5.32 Å². The van der Waals surface area contributed by atoms with E-state index in [9.17, 15) is 14.4 Å². The highest BCUT2D eigenvalue weighted by Gasteiger charge is 2.29. The van der Waals surface area contributed by atoms with Gasteiger partial charge in [-0.05, 0) is 13.8 Å². The largest absolute Gasteiger partial charge is 0.466 e. The van der Waals surface area contributed by atoms with Crippen molar-refractivity contribution in [3.05, 3.63) is 12.2 Å². The highest BCUT2D eigenvalue weighted by molar-refractivity contribution is 5.91. The summed E-state index contributed by atoms with van der Waals surface area (Å²) >= 11 is 0. The molecule has 0 aromatic heterocycles. The molecule has 2 atom stereocenters. The molecular formula is C15H24N2O5. The van der Waals surface area contributed by atoms with Crippen LogP contribution in [0.3, 0.4) is 0 Å². The van der Waals surface area contributed by atoms with Crippen molar-refractivity contribution < 1.29 is 23.9 Å². The van der Waals surface area contributed by atoms with Gasteiger partial charge in [0.05, 0.1) is 7.11 Å². The van der Waals surface area contributed by atoms with Gasteiger partial charge >= 0.3 is 11.9 Å². The first-order valence-electron chi connectivity index (χ1n) is 7.47. The van der Waals surface area contributed by atoms with E-state index in [0.29, 0.717) is 32.5 Å². The summed E-state index contributed by atoms with van der Waals surface area (Å²) in [6, 6.07) is 0.00971. The van der Waals surface area contributed by atoms with E-state index in [1.807, 2.05) is 13.8 Å². The van der Waals surface area contributed by atoms with Crippen molar-refractivity contribution in [2.45, 2.75) is 38.8 Å².